The van der Waals surface area contributed by atoms with Gasteiger partial charge in [-0.15, -0.1) is 21.8 Å². The number of ketones is 1. The van der Waals surface area contributed by atoms with Gasteiger partial charge in [-0.2, -0.15) is 0 Å². The summed E-state index contributed by atoms with van der Waals surface area (Å²) in [5, 5.41) is 10.1. The average Bonchev–Trinajstić information content (AvgIpc) is 3.14. The highest BCUT2D eigenvalue weighted by molar-refractivity contribution is 8.01. The Kier molecular flexibility index (Phi) is 6.38. The van der Waals surface area contributed by atoms with Gasteiger partial charge in [0.15, 0.2) is 10.1 Å². The van der Waals surface area contributed by atoms with Crippen molar-refractivity contribution in [3.8, 4) is 0 Å². The molecule has 3 aromatic rings. The van der Waals surface area contributed by atoms with Crippen LogP contribution in [0.4, 0.5) is 5.13 Å². The molecule has 2 aromatic carbocycles. The maximum Gasteiger partial charge on any atom is 0.248 e. The van der Waals surface area contributed by atoms with Gasteiger partial charge in [-0.25, -0.2) is 0 Å². The number of carbonyl (C=O) groups is 2. The minimum Gasteiger partial charge on any atom is -0.299 e. The summed E-state index contributed by atoms with van der Waals surface area (Å²) in [6.45, 7) is 0. The SMILES string of the molecule is O=C(CSc1nnc(NC(=O)[C@H](Cl)c2ccccc2)s1)c1ccccc1. The van der Waals surface area contributed by atoms with Crippen molar-refractivity contribution in [1.82, 2.24) is 10.2 Å². The fraction of sp³-hybridized carbons (Fsp3) is 0.111. The quantitative estimate of drug-likeness (QED) is 0.273. The van der Waals surface area contributed by atoms with Crippen molar-refractivity contribution in [2.75, 3.05) is 11.1 Å². The number of amides is 1. The number of Topliss-reactive ketones (excluding diaryl/α,β-unsaturated/α-hetero) is 1. The molecule has 1 aromatic heterocycles. The fourth-order valence-corrected chi connectivity index (χ4v) is 3.94. The minimum atomic E-state index is -0.809. The number of rotatable bonds is 7. The first-order chi connectivity index (χ1) is 12.6. The van der Waals surface area contributed by atoms with Gasteiger partial charge in [-0.3, -0.25) is 14.9 Å². The number of carbonyl (C=O) groups excluding carboxylic acids is 2. The Morgan fingerprint density at radius 3 is 2.38 bits per heavy atom. The summed E-state index contributed by atoms with van der Waals surface area (Å²) in [7, 11) is 0. The Hall–Kier alpha value is -2.22. The van der Waals surface area contributed by atoms with Crippen LogP contribution in [-0.2, 0) is 4.79 Å². The number of alkyl halides is 1. The van der Waals surface area contributed by atoms with Crippen LogP contribution in [-0.4, -0.2) is 27.6 Å². The zero-order valence-corrected chi connectivity index (χ0v) is 15.9. The molecular formula is C18H14ClN3O2S2. The van der Waals surface area contributed by atoms with E-state index in [2.05, 4.69) is 15.5 Å². The molecule has 5 nitrogen and oxygen atoms in total. The molecule has 3 rings (SSSR count). The summed E-state index contributed by atoms with van der Waals surface area (Å²) < 4.78 is 0.607. The summed E-state index contributed by atoms with van der Waals surface area (Å²) in [6.07, 6.45) is 0. The number of thioether (sulfide) groups is 1. The number of anilines is 1. The van der Waals surface area contributed by atoms with E-state index in [0.29, 0.717) is 20.6 Å². The van der Waals surface area contributed by atoms with Crippen molar-refractivity contribution >= 4 is 51.5 Å². The highest BCUT2D eigenvalue weighted by atomic mass is 35.5. The summed E-state index contributed by atoms with van der Waals surface area (Å²) in [5.41, 5.74) is 1.37. The predicted octanol–water partition coefficient (Wildman–Crippen LogP) is 4.43. The van der Waals surface area contributed by atoms with Gasteiger partial charge in [0, 0.05) is 5.56 Å². The molecule has 0 aliphatic rings. The van der Waals surface area contributed by atoms with Gasteiger partial charge in [0.05, 0.1) is 5.75 Å². The van der Waals surface area contributed by atoms with Gasteiger partial charge >= 0.3 is 0 Å². The monoisotopic (exact) mass is 403 g/mol. The standard InChI is InChI=1S/C18H14ClN3O2S2/c19-15(13-9-5-2-6-10-13)16(24)20-17-21-22-18(26-17)25-11-14(23)12-7-3-1-4-8-12/h1-10,15H,11H2,(H,20,21,24)/t15-/m1/s1. The predicted molar refractivity (Wildman–Crippen MR) is 105 cm³/mol. The molecule has 1 heterocycles. The average molecular weight is 404 g/mol. The van der Waals surface area contributed by atoms with Crippen molar-refractivity contribution < 1.29 is 9.59 Å². The fourth-order valence-electron chi connectivity index (χ4n) is 2.10. The smallest absolute Gasteiger partial charge is 0.248 e. The summed E-state index contributed by atoms with van der Waals surface area (Å²) >= 11 is 8.67. The first-order valence-electron chi connectivity index (χ1n) is 7.68. The lowest BCUT2D eigenvalue weighted by atomic mass is 10.1. The van der Waals surface area contributed by atoms with Gasteiger partial charge in [-0.1, -0.05) is 83.8 Å². The Morgan fingerprint density at radius 1 is 1.04 bits per heavy atom. The molecule has 0 radical (unpaired) electrons. The van der Waals surface area contributed by atoms with E-state index in [1.165, 1.54) is 23.1 Å². The Bertz CT molecular complexity index is 888. The Labute approximate surface area is 163 Å². The molecule has 0 fully saturated rings. The van der Waals surface area contributed by atoms with E-state index in [1.54, 1.807) is 24.3 Å². The van der Waals surface area contributed by atoms with Crippen LogP contribution in [0.5, 0.6) is 0 Å². The number of nitrogens with zero attached hydrogens (tertiary/aromatic N) is 2. The van der Waals surface area contributed by atoms with Gasteiger partial charge in [0.25, 0.3) is 0 Å². The van der Waals surface area contributed by atoms with Crippen LogP contribution in [0.15, 0.2) is 65.0 Å². The van der Waals surface area contributed by atoms with Crippen molar-refractivity contribution in [3.05, 3.63) is 71.8 Å². The van der Waals surface area contributed by atoms with E-state index in [1.807, 2.05) is 36.4 Å². The number of aromatic nitrogens is 2. The molecule has 0 saturated heterocycles. The molecule has 1 amide bonds. The van der Waals surface area contributed by atoms with E-state index in [9.17, 15) is 9.59 Å². The molecule has 1 N–H and O–H groups in total. The highest BCUT2D eigenvalue weighted by Gasteiger charge is 2.19. The van der Waals surface area contributed by atoms with Crippen LogP contribution in [0.1, 0.15) is 21.3 Å². The number of hydrogen-bond donors (Lipinski definition) is 1. The summed E-state index contributed by atoms with van der Waals surface area (Å²) in [6, 6.07) is 18.1. The molecular weight excluding hydrogens is 390 g/mol. The highest BCUT2D eigenvalue weighted by Crippen LogP contribution is 2.28. The topological polar surface area (TPSA) is 72.0 Å². The van der Waals surface area contributed by atoms with Gasteiger partial charge < -0.3 is 0 Å². The van der Waals surface area contributed by atoms with Crippen LogP contribution < -0.4 is 5.32 Å². The van der Waals surface area contributed by atoms with Crippen molar-refractivity contribution in [2.24, 2.45) is 0 Å². The maximum absolute atomic E-state index is 12.2. The van der Waals surface area contributed by atoms with Crippen LogP contribution in [0.2, 0.25) is 0 Å². The lowest BCUT2D eigenvalue weighted by molar-refractivity contribution is -0.116. The molecule has 0 aliphatic heterocycles. The number of benzene rings is 2. The van der Waals surface area contributed by atoms with Gasteiger partial charge in [0.1, 0.15) is 5.38 Å². The van der Waals surface area contributed by atoms with Crippen LogP contribution in [0.25, 0.3) is 0 Å². The zero-order valence-electron chi connectivity index (χ0n) is 13.5. The van der Waals surface area contributed by atoms with E-state index < -0.39 is 5.38 Å². The van der Waals surface area contributed by atoms with Crippen molar-refractivity contribution in [3.63, 3.8) is 0 Å². The second-order valence-electron chi connectivity index (χ2n) is 5.21. The summed E-state index contributed by atoms with van der Waals surface area (Å²) in [5.74, 6) is -0.0958. The van der Waals surface area contributed by atoms with E-state index in [-0.39, 0.29) is 17.4 Å². The normalized spacial score (nSPS) is 11.7. The molecule has 1 atom stereocenters. The maximum atomic E-state index is 12.2. The third-order valence-electron chi connectivity index (χ3n) is 3.38. The first-order valence-corrected chi connectivity index (χ1v) is 9.92. The molecule has 0 bridgehead atoms. The lowest BCUT2D eigenvalue weighted by Gasteiger charge is -2.08. The minimum absolute atomic E-state index is 0.0151. The largest absolute Gasteiger partial charge is 0.299 e. The number of hydrogen-bond acceptors (Lipinski definition) is 6. The molecule has 0 unspecified atom stereocenters. The van der Waals surface area contributed by atoms with Crippen LogP contribution >= 0.6 is 34.7 Å². The number of halogens is 1. The van der Waals surface area contributed by atoms with Gasteiger partial charge in [0.2, 0.25) is 11.0 Å². The molecule has 8 heteroatoms. The third-order valence-corrected chi connectivity index (χ3v) is 5.80. The van der Waals surface area contributed by atoms with Crippen molar-refractivity contribution in [1.29, 1.82) is 0 Å². The second-order valence-corrected chi connectivity index (χ2v) is 7.85. The zero-order chi connectivity index (χ0) is 18.4. The second kappa shape index (κ2) is 8.93. The van der Waals surface area contributed by atoms with Crippen LogP contribution in [0.3, 0.4) is 0 Å². The van der Waals surface area contributed by atoms with E-state index >= 15 is 0 Å². The molecule has 26 heavy (non-hydrogen) atoms. The third kappa shape index (κ3) is 4.91. The van der Waals surface area contributed by atoms with E-state index in [0.717, 1.165) is 0 Å². The summed E-state index contributed by atoms with van der Waals surface area (Å²) in [4.78, 5) is 24.3. The Balaban J connectivity index is 1.54. The van der Waals surface area contributed by atoms with E-state index in [4.69, 9.17) is 11.6 Å². The van der Waals surface area contributed by atoms with Gasteiger partial charge in [-0.05, 0) is 5.56 Å². The number of nitrogens with one attached hydrogen (secondary N) is 1. The first kappa shape index (κ1) is 18.6. The van der Waals surface area contributed by atoms with Crippen LogP contribution in [0, 0.1) is 0 Å². The molecule has 0 saturated carbocycles. The molecule has 0 aliphatic carbocycles. The molecule has 132 valence electrons. The lowest BCUT2D eigenvalue weighted by Crippen LogP contribution is -2.17. The Morgan fingerprint density at radius 2 is 1.69 bits per heavy atom. The molecule has 0 spiro atoms. The van der Waals surface area contributed by atoms with Crippen molar-refractivity contribution in [2.45, 2.75) is 9.72 Å².